The van der Waals surface area contributed by atoms with Crippen molar-refractivity contribution in [1.82, 2.24) is 19.3 Å². The normalized spacial score (nSPS) is 16.8. The second kappa shape index (κ2) is 8.62. The Balaban J connectivity index is 1.35. The molecule has 176 valence electrons. The van der Waals surface area contributed by atoms with E-state index in [0.29, 0.717) is 31.7 Å². The summed E-state index contributed by atoms with van der Waals surface area (Å²) in [6.45, 7) is 2.56. The first kappa shape index (κ1) is 22.2. The number of aromatic nitrogens is 3. The standard InChI is InChI=1S/C24H24N4O5S/c1-15-13-16(19-5-2-3-6-20(19)25-15)14-33-17-8-10-18(11-9-17)34(31,32)28-12-4-7-21(28)22-23(29)27-24(30)26-22/h2-3,5-6,8-11,13,21,29H,4,7,12,14H2,1H3,(H2,26,27,30). The molecule has 5 rings (SSSR count). The summed E-state index contributed by atoms with van der Waals surface area (Å²) in [5, 5.41) is 11.0. The lowest BCUT2D eigenvalue weighted by Crippen LogP contribution is -2.31. The Bertz CT molecular complexity index is 1510. The molecule has 0 bridgehead atoms. The van der Waals surface area contributed by atoms with Crippen molar-refractivity contribution in [3.05, 3.63) is 82.0 Å². The van der Waals surface area contributed by atoms with Crippen LogP contribution in [0.5, 0.6) is 11.6 Å². The van der Waals surface area contributed by atoms with E-state index in [0.717, 1.165) is 22.2 Å². The molecular formula is C24H24N4O5S. The highest BCUT2D eigenvalue weighted by Crippen LogP contribution is 2.38. The molecule has 0 amide bonds. The Labute approximate surface area is 196 Å². The smallest absolute Gasteiger partial charge is 0.326 e. The van der Waals surface area contributed by atoms with Crippen molar-refractivity contribution in [2.24, 2.45) is 0 Å². The summed E-state index contributed by atoms with van der Waals surface area (Å²) in [7, 11) is -3.84. The van der Waals surface area contributed by atoms with Crippen LogP contribution in [0.2, 0.25) is 0 Å². The molecule has 0 spiro atoms. The number of benzene rings is 2. The zero-order chi connectivity index (χ0) is 23.9. The van der Waals surface area contributed by atoms with E-state index >= 15 is 0 Å². The average molecular weight is 481 g/mol. The number of H-pyrrole nitrogens is 2. The molecule has 1 unspecified atom stereocenters. The molecule has 10 heteroatoms. The number of aromatic amines is 2. The van der Waals surface area contributed by atoms with Crippen molar-refractivity contribution in [2.75, 3.05) is 6.54 Å². The van der Waals surface area contributed by atoms with E-state index in [-0.39, 0.29) is 16.5 Å². The lowest BCUT2D eigenvalue weighted by Gasteiger charge is -2.23. The van der Waals surface area contributed by atoms with Crippen LogP contribution in [-0.4, -0.2) is 39.3 Å². The van der Waals surface area contributed by atoms with Gasteiger partial charge in [-0.25, -0.2) is 13.2 Å². The second-order valence-corrected chi connectivity index (χ2v) is 10.2. The molecule has 34 heavy (non-hydrogen) atoms. The number of pyridine rings is 1. The molecule has 1 atom stereocenters. The number of hydrogen-bond acceptors (Lipinski definition) is 6. The van der Waals surface area contributed by atoms with E-state index in [1.807, 2.05) is 37.3 Å². The van der Waals surface area contributed by atoms with Crippen LogP contribution < -0.4 is 10.4 Å². The van der Waals surface area contributed by atoms with Crippen LogP contribution in [0.1, 0.15) is 35.8 Å². The number of para-hydroxylation sites is 1. The SMILES string of the molecule is Cc1cc(COc2ccc(S(=O)(=O)N3CCCC3c3[nH]c(=O)[nH]c3O)cc2)c2ccccc2n1. The zero-order valence-corrected chi connectivity index (χ0v) is 19.3. The Morgan fingerprint density at radius 1 is 1.15 bits per heavy atom. The number of hydrogen-bond donors (Lipinski definition) is 3. The van der Waals surface area contributed by atoms with E-state index in [2.05, 4.69) is 15.0 Å². The molecule has 3 heterocycles. The van der Waals surface area contributed by atoms with Gasteiger partial charge in [0.15, 0.2) is 0 Å². The number of fused-ring (bicyclic) bond motifs is 1. The van der Waals surface area contributed by atoms with E-state index in [9.17, 15) is 18.3 Å². The number of aryl methyl sites for hydroxylation is 1. The fraction of sp³-hybridized carbons (Fsp3) is 0.250. The first-order chi connectivity index (χ1) is 16.3. The third-order valence-electron chi connectivity index (χ3n) is 6.03. The van der Waals surface area contributed by atoms with Gasteiger partial charge in [0.2, 0.25) is 15.9 Å². The highest BCUT2D eigenvalue weighted by Gasteiger charge is 2.38. The summed E-state index contributed by atoms with van der Waals surface area (Å²) < 4.78 is 33.9. The summed E-state index contributed by atoms with van der Waals surface area (Å²) in [6.07, 6.45) is 1.12. The van der Waals surface area contributed by atoms with Crippen LogP contribution in [0.3, 0.4) is 0 Å². The maximum atomic E-state index is 13.3. The summed E-state index contributed by atoms with van der Waals surface area (Å²) in [4.78, 5) is 20.9. The van der Waals surface area contributed by atoms with Crippen molar-refractivity contribution < 1.29 is 18.3 Å². The minimum absolute atomic E-state index is 0.120. The lowest BCUT2D eigenvalue weighted by atomic mass is 10.1. The Morgan fingerprint density at radius 2 is 1.91 bits per heavy atom. The summed E-state index contributed by atoms with van der Waals surface area (Å²) in [5.74, 6) is 0.211. The number of aromatic hydroxyl groups is 1. The lowest BCUT2D eigenvalue weighted by molar-refractivity contribution is 0.307. The quantitative estimate of drug-likeness (QED) is 0.388. The minimum atomic E-state index is -3.84. The fourth-order valence-corrected chi connectivity index (χ4v) is 6.13. The van der Waals surface area contributed by atoms with Crippen molar-refractivity contribution >= 4 is 20.9 Å². The monoisotopic (exact) mass is 480 g/mol. The van der Waals surface area contributed by atoms with Crippen LogP contribution in [0, 0.1) is 6.92 Å². The number of ether oxygens (including phenoxy) is 1. The van der Waals surface area contributed by atoms with Crippen molar-refractivity contribution in [2.45, 2.75) is 37.3 Å². The maximum Gasteiger partial charge on any atom is 0.326 e. The number of sulfonamides is 1. The third kappa shape index (κ3) is 4.06. The molecule has 1 saturated heterocycles. The summed E-state index contributed by atoms with van der Waals surface area (Å²) >= 11 is 0. The highest BCUT2D eigenvalue weighted by molar-refractivity contribution is 7.89. The second-order valence-electron chi connectivity index (χ2n) is 8.32. The van der Waals surface area contributed by atoms with Gasteiger partial charge in [-0.1, -0.05) is 18.2 Å². The Kier molecular flexibility index (Phi) is 5.62. The molecule has 0 saturated carbocycles. The molecule has 2 aromatic carbocycles. The van der Waals surface area contributed by atoms with Crippen molar-refractivity contribution in [3.8, 4) is 11.6 Å². The van der Waals surface area contributed by atoms with Crippen LogP contribution in [0.4, 0.5) is 0 Å². The van der Waals surface area contributed by atoms with Gasteiger partial charge < -0.3 is 14.8 Å². The van der Waals surface area contributed by atoms with Gasteiger partial charge >= 0.3 is 5.69 Å². The highest BCUT2D eigenvalue weighted by atomic mass is 32.2. The van der Waals surface area contributed by atoms with E-state index in [1.54, 1.807) is 12.1 Å². The van der Waals surface area contributed by atoms with E-state index < -0.39 is 21.8 Å². The number of rotatable bonds is 6. The van der Waals surface area contributed by atoms with Gasteiger partial charge in [0.25, 0.3) is 0 Å². The van der Waals surface area contributed by atoms with Gasteiger partial charge in [0.1, 0.15) is 12.4 Å². The van der Waals surface area contributed by atoms with Gasteiger partial charge in [-0.05, 0) is 56.2 Å². The largest absolute Gasteiger partial charge is 0.493 e. The average Bonchev–Trinajstić information content (AvgIpc) is 3.44. The molecule has 1 aliphatic rings. The van der Waals surface area contributed by atoms with Gasteiger partial charge in [-0.3, -0.25) is 9.97 Å². The first-order valence-electron chi connectivity index (χ1n) is 10.9. The molecule has 9 nitrogen and oxygen atoms in total. The summed E-state index contributed by atoms with van der Waals surface area (Å²) in [6, 6.07) is 15.5. The van der Waals surface area contributed by atoms with Crippen LogP contribution >= 0.6 is 0 Å². The summed E-state index contributed by atoms with van der Waals surface area (Å²) in [5.41, 5.74) is 2.41. The number of nitrogens with one attached hydrogen (secondary N) is 2. The molecule has 1 fully saturated rings. The molecule has 1 aliphatic heterocycles. The van der Waals surface area contributed by atoms with Crippen LogP contribution in [-0.2, 0) is 16.6 Å². The zero-order valence-electron chi connectivity index (χ0n) is 18.5. The van der Waals surface area contributed by atoms with E-state index in [4.69, 9.17) is 4.74 Å². The third-order valence-corrected chi connectivity index (χ3v) is 7.95. The molecule has 4 aromatic rings. The maximum absolute atomic E-state index is 13.3. The van der Waals surface area contributed by atoms with Crippen molar-refractivity contribution in [1.29, 1.82) is 0 Å². The predicted molar refractivity (Wildman–Crippen MR) is 126 cm³/mol. The minimum Gasteiger partial charge on any atom is -0.493 e. The molecule has 0 aliphatic carbocycles. The van der Waals surface area contributed by atoms with Crippen LogP contribution in [0.15, 0.2) is 64.3 Å². The molecule has 2 aromatic heterocycles. The predicted octanol–water partition coefficient (Wildman–Crippen LogP) is 3.37. The topological polar surface area (TPSA) is 128 Å². The molecular weight excluding hydrogens is 456 g/mol. The van der Waals surface area contributed by atoms with E-state index in [1.165, 1.54) is 16.4 Å². The first-order valence-corrected chi connectivity index (χ1v) is 12.4. The van der Waals surface area contributed by atoms with Crippen LogP contribution in [0.25, 0.3) is 10.9 Å². The Hall–Kier alpha value is -3.63. The number of imidazole rings is 1. The van der Waals surface area contributed by atoms with Gasteiger partial charge in [0.05, 0.1) is 22.1 Å². The van der Waals surface area contributed by atoms with Gasteiger partial charge in [0, 0.05) is 23.2 Å². The van der Waals surface area contributed by atoms with Gasteiger partial charge in [-0.15, -0.1) is 0 Å². The molecule has 0 radical (unpaired) electrons. The van der Waals surface area contributed by atoms with Gasteiger partial charge in [-0.2, -0.15) is 4.31 Å². The fourth-order valence-electron chi connectivity index (χ4n) is 4.46. The molecule has 3 N–H and O–H groups in total. The number of nitrogens with zero attached hydrogens (tertiary/aromatic N) is 2. The van der Waals surface area contributed by atoms with Crippen molar-refractivity contribution in [3.63, 3.8) is 0 Å². The Morgan fingerprint density at radius 3 is 2.65 bits per heavy atom.